The smallest absolute Gasteiger partial charge is 0.337 e. The van der Waals surface area contributed by atoms with E-state index in [1.165, 1.54) is 0 Å². The van der Waals surface area contributed by atoms with E-state index in [9.17, 15) is 15.2 Å². The Bertz CT molecular complexity index is 1540. The number of hydrogen-bond donors (Lipinski definition) is 1. The lowest BCUT2D eigenvalue weighted by molar-refractivity contribution is -0.160. The fourth-order valence-electron chi connectivity index (χ4n) is 4.80. The fraction of sp³-hybridized carbons (Fsp3) is 0.286. The van der Waals surface area contributed by atoms with Gasteiger partial charge < -0.3 is 14.6 Å². The summed E-state index contributed by atoms with van der Waals surface area (Å²) in [6.45, 7) is 7.96. The van der Waals surface area contributed by atoms with Crippen LogP contribution in [0.15, 0.2) is 42.6 Å². The topological polar surface area (TPSA) is 105 Å². The molecule has 7 heteroatoms. The Balaban J connectivity index is 1.92. The summed E-state index contributed by atoms with van der Waals surface area (Å²) in [5.74, 6) is -0.313. The first kappa shape index (κ1) is 22.8. The molecule has 2 aromatic heterocycles. The number of nitrogens with zero attached hydrogens (tertiary/aromatic N) is 3. The lowest BCUT2D eigenvalue weighted by Crippen LogP contribution is -2.28. The van der Waals surface area contributed by atoms with Crippen LogP contribution in [0, 0.1) is 18.3 Å². The molecule has 0 saturated carbocycles. The summed E-state index contributed by atoms with van der Waals surface area (Å²) in [5.41, 5.74) is 4.80. The van der Waals surface area contributed by atoms with Crippen LogP contribution in [0.2, 0.25) is 0 Å². The Morgan fingerprint density at radius 3 is 2.74 bits per heavy atom. The van der Waals surface area contributed by atoms with E-state index >= 15 is 0 Å². The summed E-state index contributed by atoms with van der Waals surface area (Å²) < 4.78 is 12.0. The van der Waals surface area contributed by atoms with Crippen molar-refractivity contribution >= 4 is 27.8 Å². The Morgan fingerprint density at radius 1 is 1.23 bits per heavy atom. The van der Waals surface area contributed by atoms with Gasteiger partial charge in [-0.25, -0.2) is 9.78 Å². The molecule has 0 aliphatic carbocycles. The number of aryl methyl sites for hydroxylation is 1. The van der Waals surface area contributed by atoms with Gasteiger partial charge in [-0.05, 0) is 80.8 Å². The van der Waals surface area contributed by atoms with Crippen LogP contribution in [0.4, 0.5) is 0 Å². The Hall–Kier alpha value is -4.02. The lowest BCUT2D eigenvalue weighted by atomic mass is 9.86. The first-order valence-corrected chi connectivity index (χ1v) is 11.5. The molecular formula is C28H25N3O4. The van der Waals surface area contributed by atoms with Crippen molar-refractivity contribution in [1.29, 1.82) is 5.26 Å². The molecule has 1 unspecified atom stereocenters. The van der Waals surface area contributed by atoms with Crippen LogP contribution in [0.5, 0.6) is 5.75 Å². The summed E-state index contributed by atoms with van der Waals surface area (Å²) in [6.07, 6.45) is 1.34. The number of aromatic nitrogens is 2. The predicted molar refractivity (Wildman–Crippen MR) is 132 cm³/mol. The third kappa shape index (κ3) is 3.96. The Labute approximate surface area is 203 Å². The van der Waals surface area contributed by atoms with Crippen LogP contribution in [-0.2, 0) is 16.0 Å². The highest BCUT2D eigenvalue weighted by Crippen LogP contribution is 2.44. The van der Waals surface area contributed by atoms with Crippen molar-refractivity contribution < 1.29 is 19.4 Å². The quantitative estimate of drug-likeness (QED) is 0.422. The number of ether oxygens (including phenoxy) is 2. The van der Waals surface area contributed by atoms with E-state index in [1.54, 1.807) is 12.3 Å². The molecule has 1 atom stereocenters. The average Bonchev–Trinajstić information content (AvgIpc) is 2.82. The lowest BCUT2D eigenvalue weighted by Gasteiger charge is -2.29. The molecule has 35 heavy (non-hydrogen) atoms. The first-order valence-electron chi connectivity index (χ1n) is 11.5. The average molecular weight is 468 g/mol. The number of rotatable bonds is 4. The van der Waals surface area contributed by atoms with Gasteiger partial charge in [0.05, 0.1) is 23.2 Å². The van der Waals surface area contributed by atoms with E-state index in [4.69, 9.17) is 14.5 Å². The second-order valence-corrected chi connectivity index (χ2v) is 9.71. The van der Waals surface area contributed by atoms with E-state index < -0.39 is 17.7 Å². The van der Waals surface area contributed by atoms with Gasteiger partial charge in [0.2, 0.25) is 0 Å². The van der Waals surface area contributed by atoms with Crippen molar-refractivity contribution in [2.45, 2.75) is 45.8 Å². The van der Waals surface area contributed by atoms with Gasteiger partial charge in [0.25, 0.3) is 0 Å². The maximum Gasteiger partial charge on any atom is 0.337 e. The largest absolute Gasteiger partial charge is 0.493 e. The van der Waals surface area contributed by atoms with Crippen LogP contribution in [0.1, 0.15) is 49.3 Å². The van der Waals surface area contributed by atoms with Gasteiger partial charge in [0.15, 0.2) is 6.10 Å². The maximum atomic E-state index is 12.6. The molecule has 1 aliphatic heterocycles. The molecule has 176 valence electrons. The monoisotopic (exact) mass is 467 g/mol. The van der Waals surface area contributed by atoms with Gasteiger partial charge >= 0.3 is 5.97 Å². The van der Waals surface area contributed by atoms with E-state index in [0.717, 1.165) is 39.6 Å². The second-order valence-electron chi connectivity index (χ2n) is 9.71. The third-order valence-electron chi connectivity index (χ3n) is 6.15. The van der Waals surface area contributed by atoms with Crippen LogP contribution < -0.4 is 4.74 Å². The van der Waals surface area contributed by atoms with Crippen molar-refractivity contribution in [2.75, 3.05) is 6.61 Å². The standard InChI is InChI=1S/C28H25N3O4/c1-15-13-20-18(6-5-17(14-29)31-20)24(22(15)26(27(32)33)35-28(2,3)4)19-7-8-21-23-16(10-12-34-21)9-11-30-25(19)23/h5-9,11,13,26H,10,12H2,1-4H3,(H,32,33). The predicted octanol–water partition coefficient (Wildman–Crippen LogP) is 5.51. The number of pyridine rings is 2. The minimum Gasteiger partial charge on any atom is -0.493 e. The summed E-state index contributed by atoms with van der Waals surface area (Å²) in [6, 6.07) is 13.2. The van der Waals surface area contributed by atoms with Crippen molar-refractivity contribution in [3.8, 4) is 22.9 Å². The summed E-state index contributed by atoms with van der Waals surface area (Å²) in [5, 5.41) is 21.3. The number of carbonyl (C=O) groups is 1. The maximum absolute atomic E-state index is 12.6. The molecule has 0 spiro atoms. The number of carboxylic acids is 1. The highest BCUT2D eigenvalue weighted by Gasteiger charge is 2.32. The molecule has 2 aromatic carbocycles. The van der Waals surface area contributed by atoms with E-state index in [1.807, 2.05) is 58.0 Å². The summed E-state index contributed by atoms with van der Waals surface area (Å²) >= 11 is 0. The molecule has 1 aliphatic rings. The van der Waals surface area contributed by atoms with Crippen molar-refractivity contribution in [3.05, 3.63) is 65.0 Å². The summed E-state index contributed by atoms with van der Waals surface area (Å²) in [4.78, 5) is 21.8. The zero-order valence-corrected chi connectivity index (χ0v) is 20.0. The molecule has 0 amide bonds. The normalized spacial score (nSPS) is 13.9. The zero-order chi connectivity index (χ0) is 24.9. The molecule has 0 fully saturated rings. The molecular weight excluding hydrogens is 442 g/mol. The number of hydrogen-bond acceptors (Lipinski definition) is 6. The van der Waals surface area contributed by atoms with Crippen LogP contribution in [-0.4, -0.2) is 33.3 Å². The molecule has 7 nitrogen and oxygen atoms in total. The van der Waals surface area contributed by atoms with Crippen molar-refractivity contribution in [2.24, 2.45) is 0 Å². The van der Waals surface area contributed by atoms with E-state index in [-0.39, 0.29) is 0 Å². The molecule has 4 aromatic rings. The van der Waals surface area contributed by atoms with Gasteiger partial charge in [-0.2, -0.15) is 5.26 Å². The molecule has 1 N–H and O–H groups in total. The second kappa shape index (κ2) is 8.33. The number of benzene rings is 2. The van der Waals surface area contributed by atoms with Crippen molar-refractivity contribution in [1.82, 2.24) is 9.97 Å². The van der Waals surface area contributed by atoms with Gasteiger partial charge in [0.1, 0.15) is 17.5 Å². The van der Waals surface area contributed by atoms with Crippen molar-refractivity contribution in [3.63, 3.8) is 0 Å². The SMILES string of the molecule is Cc1cc2nc(C#N)ccc2c(-c2ccc3c4c(ccnc24)CCO3)c1C(OC(C)(C)C)C(=O)O. The molecule has 0 bridgehead atoms. The highest BCUT2D eigenvalue weighted by molar-refractivity contribution is 6.08. The number of fused-ring (bicyclic) bond motifs is 1. The minimum atomic E-state index is -1.22. The fourth-order valence-corrected chi connectivity index (χ4v) is 4.80. The van der Waals surface area contributed by atoms with E-state index in [0.29, 0.717) is 34.5 Å². The molecule has 0 saturated heterocycles. The third-order valence-corrected chi connectivity index (χ3v) is 6.15. The van der Waals surface area contributed by atoms with E-state index in [2.05, 4.69) is 11.1 Å². The van der Waals surface area contributed by atoms with Crippen LogP contribution >= 0.6 is 0 Å². The van der Waals surface area contributed by atoms with Gasteiger partial charge in [-0.3, -0.25) is 4.98 Å². The Kier molecular flexibility index (Phi) is 5.42. The number of carboxylic acid groups (broad SMARTS) is 1. The molecule has 3 heterocycles. The van der Waals surface area contributed by atoms with Crippen LogP contribution in [0.25, 0.3) is 32.9 Å². The summed E-state index contributed by atoms with van der Waals surface area (Å²) in [7, 11) is 0. The molecule has 0 radical (unpaired) electrons. The highest BCUT2D eigenvalue weighted by atomic mass is 16.5. The number of aliphatic carboxylic acids is 1. The van der Waals surface area contributed by atoms with Gasteiger partial charge in [-0.15, -0.1) is 0 Å². The van der Waals surface area contributed by atoms with Gasteiger partial charge in [-0.1, -0.05) is 0 Å². The van der Waals surface area contributed by atoms with Crippen LogP contribution in [0.3, 0.4) is 0 Å². The molecule has 5 rings (SSSR count). The van der Waals surface area contributed by atoms with Gasteiger partial charge in [0, 0.05) is 34.5 Å². The zero-order valence-electron chi connectivity index (χ0n) is 20.0. The minimum absolute atomic E-state index is 0.291. The Morgan fingerprint density at radius 2 is 2.03 bits per heavy atom. The first-order chi connectivity index (χ1) is 16.7. The number of nitriles is 1.